The molecule has 1 aromatic rings. The van der Waals surface area contributed by atoms with Crippen molar-refractivity contribution in [2.24, 2.45) is 0 Å². The van der Waals surface area contributed by atoms with Crippen LogP contribution in [0.1, 0.15) is 11.1 Å². The van der Waals surface area contributed by atoms with Gasteiger partial charge >= 0.3 is 6.18 Å². The molecule has 1 rings (SSSR count). The molecule has 19 heavy (non-hydrogen) atoms. The first-order valence-corrected chi connectivity index (χ1v) is 6.51. The van der Waals surface area contributed by atoms with Crippen LogP contribution in [0.4, 0.5) is 18.9 Å². The summed E-state index contributed by atoms with van der Waals surface area (Å²) in [5, 5.41) is 11.7. The van der Waals surface area contributed by atoms with Gasteiger partial charge < -0.3 is 10.4 Å². The van der Waals surface area contributed by atoms with Gasteiger partial charge in [0.05, 0.1) is 33.3 Å². The number of benzene rings is 1. The zero-order chi connectivity index (χ0) is 14.8. The van der Waals surface area contributed by atoms with Crippen LogP contribution in [0.2, 0.25) is 10.0 Å². The average molecular weight is 337 g/mol. The molecule has 2 N–H and O–H groups in total. The zero-order valence-electron chi connectivity index (χ0n) is 9.78. The first-order valence-electron chi connectivity index (χ1n) is 5.22. The van der Waals surface area contributed by atoms with E-state index in [0.717, 1.165) is 6.07 Å². The van der Waals surface area contributed by atoms with E-state index in [1.54, 1.807) is 0 Å². The molecule has 0 amide bonds. The number of aliphatic hydroxyl groups excluding tert-OH is 1. The fourth-order valence-electron chi connectivity index (χ4n) is 1.50. The maximum absolute atomic E-state index is 12.8. The highest BCUT2D eigenvalue weighted by Gasteiger charge is 2.34. The van der Waals surface area contributed by atoms with Crippen LogP contribution in [0.3, 0.4) is 0 Å². The topological polar surface area (TPSA) is 32.3 Å². The van der Waals surface area contributed by atoms with Crippen LogP contribution < -0.4 is 5.32 Å². The van der Waals surface area contributed by atoms with E-state index < -0.39 is 17.8 Å². The van der Waals surface area contributed by atoms with E-state index in [1.165, 1.54) is 6.92 Å². The van der Waals surface area contributed by atoms with E-state index in [9.17, 15) is 18.3 Å². The molecule has 1 aromatic carbocycles. The van der Waals surface area contributed by atoms with Crippen LogP contribution in [0.25, 0.3) is 0 Å². The Kier molecular flexibility index (Phi) is 5.62. The van der Waals surface area contributed by atoms with Gasteiger partial charge in [0.1, 0.15) is 0 Å². The molecule has 0 bridgehead atoms. The van der Waals surface area contributed by atoms with E-state index in [2.05, 4.69) is 5.32 Å². The molecule has 108 valence electrons. The third-order valence-electron chi connectivity index (χ3n) is 2.48. The van der Waals surface area contributed by atoms with Crippen LogP contribution in [0.5, 0.6) is 0 Å². The number of alkyl halides is 4. The minimum Gasteiger partial charge on any atom is -0.390 e. The van der Waals surface area contributed by atoms with Gasteiger partial charge in [-0.3, -0.25) is 0 Å². The lowest BCUT2D eigenvalue weighted by atomic mass is 10.1. The van der Waals surface area contributed by atoms with Crippen LogP contribution in [0, 0.1) is 6.92 Å². The Labute approximate surface area is 123 Å². The number of hydrogen-bond donors (Lipinski definition) is 2. The Balaban J connectivity index is 3.19. The predicted molar refractivity (Wildman–Crippen MR) is 71.4 cm³/mol. The number of aliphatic hydroxyl groups is 1. The summed E-state index contributed by atoms with van der Waals surface area (Å²) >= 11 is 17.0. The fourth-order valence-corrected chi connectivity index (χ4v) is 2.07. The Morgan fingerprint density at radius 3 is 2.42 bits per heavy atom. The van der Waals surface area contributed by atoms with Gasteiger partial charge in [0.15, 0.2) is 0 Å². The van der Waals surface area contributed by atoms with Crippen molar-refractivity contribution in [3.8, 4) is 0 Å². The maximum atomic E-state index is 12.8. The van der Waals surface area contributed by atoms with Crippen molar-refractivity contribution in [1.29, 1.82) is 0 Å². The Hall–Kier alpha value is -0.360. The summed E-state index contributed by atoms with van der Waals surface area (Å²) in [5.74, 6) is -0.0453. The van der Waals surface area contributed by atoms with Crippen molar-refractivity contribution in [3.05, 3.63) is 27.2 Å². The monoisotopic (exact) mass is 335 g/mol. The molecule has 0 aliphatic rings. The average Bonchev–Trinajstić information content (AvgIpc) is 2.31. The smallest absolute Gasteiger partial charge is 0.390 e. The fraction of sp³-hybridized carbons (Fsp3) is 0.455. The molecule has 0 aliphatic heterocycles. The van der Waals surface area contributed by atoms with Crippen LogP contribution in [0.15, 0.2) is 6.07 Å². The van der Waals surface area contributed by atoms with Gasteiger partial charge in [-0.2, -0.15) is 13.2 Å². The molecule has 0 radical (unpaired) electrons. The molecule has 0 saturated carbocycles. The van der Waals surface area contributed by atoms with E-state index in [-0.39, 0.29) is 33.7 Å². The first-order chi connectivity index (χ1) is 8.68. The number of rotatable bonds is 4. The van der Waals surface area contributed by atoms with Crippen molar-refractivity contribution in [1.82, 2.24) is 0 Å². The summed E-state index contributed by atoms with van der Waals surface area (Å²) in [6.07, 6.45) is -5.43. The minimum absolute atomic E-state index is 0.0195. The standard InChI is InChI=1S/C11H11Cl3F3NO/c1-5-7(11(15,16)17)2-8(13)9(14)10(5)18-4-6(19)3-12/h2,6,18-19H,3-4H2,1H3. The van der Waals surface area contributed by atoms with Crippen molar-refractivity contribution in [3.63, 3.8) is 0 Å². The highest BCUT2D eigenvalue weighted by molar-refractivity contribution is 6.44. The van der Waals surface area contributed by atoms with Gasteiger partial charge in [-0.15, -0.1) is 11.6 Å². The second-order valence-corrected chi connectivity index (χ2v) is 5.00. The normalized spacial score (nSPS) is 13.5. The summed E-state index contributed by atoms with van der Waals surface area (Å²) in [4.78, 5) is 0. The second-order valence-electron chi connectivity index (χ2n) is 3.91. The predicted octanol–water partition coefficient (Wildman–Crippen LogP) is 4.33. The van der Waals surface area contributed by atoms with Crippen LogP contribution in [-0.4, -0.2) is 23.6 Å². The van der Waals surface area contributed by atoms with Gasteiger partial charge in [-0.05, 0) is 18.6 Å². The van der Waals surface area contributed by atoms with Gasteiger partial charge in [0.25, 0.3) is 0 Å². The number of halogens is 6. The van der Waals surface area contributed by atoms with Crippen molar-refractivity contribution >= 4 is 40.5 Å². The SMILES string of the molecule is Cc1c(C(F)(F)F)cc(Cl)c(Cl)c1NCC(O)CCl. The highest BCUT2D eigenvalue weighted by Crippen LogP contribution is 2.41. The van der Waals surface area contributed by atoms with Crippen molar-refractivity contribution in [2.45, 2.75) is 19.2 Å². The molecule has 8 heteroatoms. The minimum atomic E-state index is -4.53. The van der Waals surface area contributed by atoms with Gasteiger partial charge in [-0.25, -0.2) is 0 Å². The highest BCUT2D eigenvalue weighted by atomic mass is 35.5. The summed E-state index contributed by atoms with van der Waals surface area (Å²) in [5.41, 5.74) is -0.904. The maximum Gasteiger partial charge on any atom is 0.416 e. The van der Waals surface area contributed by atoms with Crippen LogP contribution >= 0.6 is 34.8 Å². The summed E-state index contributed by atoms with van der Waals surface area (Å²) in [6, 6.07) is 0.780. The second kappa shape index (κ2) is 6.39. The molecule has 0 fully saturated rings. The molecule has 2 nitrogen and oxygen atoms in total. The molecular weight excluding hydrogens is 325 g/mol. The van der Waals surface area contributed by atoms with E-state index in [0.29, 0.717) is 0 Å². The number of anilines is 1. The van der Waals surface area contributed by atoms with E-state index >= 15 is 0 Å². The first kappa shape index (κ1) is 16.7. The largest absolute Gasteiger partial charge is 0.416 e. The molecular formula is C11H11Cl3F3NO. The lowest BCUT2D eigenvalue weighted by Gasteiger charge is -2.19. The lowest BCUT2D eigenvalue weighted by Crippen LogP contribution is -2.22. The van der Waals surface area contributed by atoms with Crippen LogP contribution in [-0.2, 0) is 6.18 Å². The molecule has 0 spiro atoms. The molecule has 0 saturated heterocycles. The van der Waals surface area contributed by atoms with Gasteiger partial charge in [0.2, 0.25) is 0 Å². The van der Waals surface area contributed by atoms with E-state index in [4.69, 9.17) is 34.8 Å². The van der Waals surface area contributed by atoms with E-state index in [1.807, 2.05) is 0 Å². The molecule has 1 unspecified atom stereocenters. The third kappa shape index (κ3) is 4.05. The summed E-state index contributed by atoms with van der Waals surface area (Å²) in [7, 11) is 0. The quantitative estimate of drug-likeness (QED) is 0.802. The number of nitrogens with one attached hydrogen (secondary N) is 1. The Bertz CT molecular complexity index is 465. The molecule has 0 aromatic heterocycles. The van der Waals surface area contributed by atoms with Crippen molar-refractivity contribution < 1.29 is 18.3 Å². The molecule has 0 heterocycles. The zero-order valence-corrected chi connectivity index (χ0v) is 12.1. The van der Waals surface area contributed by atoms with Crippen molar-refractivity contribution in [2.75, 3.05) is 17.7 Å². The third-order valence-corrected chi connectivity index (χ3v) is 3.62. The summed E-state index contributed by atoms with van der Waals surface area (Å²) in [6.45, 7) is 1.25. The number of hydrogen-bond acceptors (Lipinski definition) is 2. The Morgan fingerprint density at radius 1 is 1.37 bits per heavy atom. The Morgan fingerprint density at radius 2 is 1.95 bits per heavy atom. The summed E-state index contributed by atoms with van der Waals surface area (Å²) < 4.78 is 38.4. The van der Waals surface area contributed by atoms with Gasteiger partial charge in [0, 0.05) is 6.54 Å². The molecule has 1 atom stereocenters. The molecule has 0 aliphatic carbocycles. The lowest BCUT2D eigenvalue weighted by molar-refractivity contribution is -0.138. The van der Waals surface area contributed by atoms with Gasteiger partial charge in [-0.1, -0.05) is 23.2 Å².